The number of rotatable bonds is 7. The summed E-state index contributed by atoms with van der Waals surface area (Å²) in [4.78, 5) is 12.4. The molecule has 0 aliphatic heterocycles. The summed E-state index contributed by atoms with van der Waals surface area (Å²) < 4.78 is 13.8. The number of benzene rings is 2. The molecule has 0 aliphatic carbocycles. The Bertz CT molecular complexity index is 992. The van der Waals surface area contributed by atoms with E-state index in [-0.39, 0.29) is 24.3 Å². The number of amides is 1. The van der Waals surface area contributed by atoms with Gasteiger partial charge in [0.1, 0.15) is 16.9 Å². The maximum atomic E-state index is 13.8. The molecule has 1 heterocycles. The first-order chi connectivity index (χ1) is 13.6. The van der Waals surface area contributed by atoms with Crippen LogP contribution in [-0.2, 0) is 11.2 Å². The fraction of sp³-hybridized carbons (Fsp3) is 0.182. The quantitative estimate of drug-likeness (QED) is 0.615. The van der Waals surface area contributed by atoms with Gasteiger partial charge in [0.15, 0.2) is 0 Å². The molecule has 0 saturated heterocycles. The van der Waals surface area contributed by atoms with Gasteiger partial charge in [-0.3, -0.25) is 10.1 Å². The Kier molecular flexibility index (Phi) is 6.53. The zero-order valence-corrected chi connectivity index (χ0v) is 16.2. The van der Waals surface area contributed by atoms with Gasteiger partial charge in [0.25, 0.3) is 0 Å². The van der Waals surface area contributed by atoms with Crippen molar-refractivity contribution < 1.29 is 9.18 Å². The van der Waals surface area contributed by atoms with E-state index in [1.165, 1.54) is 29.0 Å². The van der Waals surface area contributed by atoms with E-state index in [9.17, 15) is 9.18 Å². The lowest BCUT2D eigenvalue weighted by atomic mass is 9.97. The van der Waals surface area contributed by atoms with Gasteiger partial charge in [-0.05, 0) is 46.7 Å². The van der Waals surface area contributed by atoms with Crippen molar-refractivity contribution in [3.63, 3.8) is 0 Å². The molecule has 0 unspecified atom stereocenters. The van der Waals surface area contributed by atoms with E-state index < -0.39 is 0 Å². The fourth-order valence-corrected chi connectivity index (χ4v) is 3.67. The van der Waals surface area contributed by atoms with Crippen LogP contribution in [0.4, 0.5) is 9.39 Å². The molecule has 0 aliphatic rings. The monoisotopic (exact) mass is 393 g/mol. The Morgan fingerprint density at radius 3 is 2.64 bits per heavy atom. The number of carbonyl (C=O) groups is 1. The Morgan fingerprint density at radius 2 is 1.96 bits per heavy atom. The Hall–Kier alpha value is -3.01. The molecular formula is C22H20FN3OS. The van der Waals surface area contributed by atoms with Crippen molar-refractivity contribution in [1.29, 1.82) is 5.26 Å². The van der Waals surface area contributed by atoms with Gasteiger partial charge in [0, 0.05) is 0 Å². The molecular weight excluding hydrogens is 373 g/mol. The van der Waals surface area contributed by atoms with Crippen molar-refractivity contribution >= 4 is 22.2 Å². The van der Waals surface area contributed by atoms with E-state index in [2.05, 4.69) is 17.6 Å². The van der Waals surface area contributed by atoms with E-state index >= 15 is 0 Å². The van der Waals surface area contributed by atoms with Gasteiger partial charge in [-0.2, -0.15) is 5.26 Å². The van der Waals surface area contributed by atoms with Gasteiger partial charge < -0.3 is 5.32 Å². The van der Waals surface area contributed by atoms with E-state index in [0.717, 1.165) is 17.5 Å². The molecule has 2 aromatic carbocycles. The smallest absolute Gasteiger partial charge is 0.238 e. The summed E-state index contributed by atoms with van der Waals surface area (Å²) in [5.41, 5.74) is 3.34. The number of aryl methyl sites for hydroxylation is 1. The lowest BCUT2D eigenvalue weighted by molar-refractivity contribution is -0.115. The molecule has 3 rings (SSSR count). The topological polar surface area (TPSA) is 64.9 Å². The molecule has 0 saturated carbocycles. The van der Waals surface area contributed by atoms with Crippen molar-refractivity contribution in [3.05, 3.63) is 88.0 Å². The van der Waals surface area contributed by atoms with E-state index in [1.54, 1.807) is 17.5 Å². The predicted octanol–water partition coefficient (Wildman–Crippen LogP) is 4.64. The van der Waals surface area contributed by atoms with E-state index in [0.29, 0.717) is 10.6 Å². The Balaban J connectivity index is 1.77. The van der Waals surface area contributed by atoms with Crippen LogP contribution < -0.4 is 10.6 Å². The Labute approximate surface area is 167 Å². The number of halogens is 1. The summed E-state index contributed by atoms with van der Waals surface area (Å²) >= 11 is 1.30. The molecule has 6 heteroatoms. The summed E-state index contributed by atoms with van der Waals surface area (Å²) in [5, 5.41) is 17.3. The number of anilines is 1. The normalized spacial score (nSPS) is 11.6. The summed E-state index contributed by atoms with van der Waals surface area (Å²) in [7, 11) is 0. The first-order valence-corrected chi connectivity index (χ1v) is 9.83. The molecule has 1 aromatic heterocycles. The maximum Gasteiger partial charge on any atom is 0.238 e. The predicted molar refractivity (Wildman–Crippen MR) is 110 cm³/mol. The SMILES string of the molecule is CCc1ccc([C@@H](NCC(=O)Nc2sccc2C#N)c2cccc(F)c2)cc1. The van der Waals surface area contributed by atoms with Crippen LogP contribution in [0.3, 0.4) is 0 Å². The second-order valence-corrected chi connectivity index (χ2v) is 7.20. The summed E-state index contributed by atoms with van der Waals surface area (Å²) in [6, 6.07) is 17.8. The van der Waals surface area contributed by atoms with Gasteiger partial charge in [0.2, 0.25) is 5.91 Å². The van der Waals surface area contributed by atoms with Crippen LogP contribution in [0.2, 0.25) is 0 Å². The molecule has 2 N–H and O–H groups in total. The molecule has 3 aromatic rings. The zero-order valence-electron chi connectivity index (χ0n) is 15.4. The number of nitriles is 1. The first-order valence-electron chi connectivity index (χ1n) is 8.96. The number of carbonyl (C=O) groups excluding carboxylic acids is 1. The maximum absolute atomic E-state index is 13.8. The third-order valence-corrected chi connectivity index (χ3v) is 5.24. The zero-order chi connectivity index (χ0) is 19.9. The standard InChI is InChI=1S/C22H20FN3OS/c1-2-15-6-8-16(9-7-15)21(17-4-3-5-19(23)12-17)25-14-20(27)26-22-18(13-24)10-11-28-22/h3-12,21,25H,2,14H2,1H3,(H,26,27)/t21-/m1/s1. The third-order valence-electron chi connectivity index (χ3n) is 4.41. The second kappa shape index (κ2) is 9.27. The van der Waals surface area contributed by atoms with Gasteiger partial charge >= 0.3 is 0 Å². The van der Waals surface area contributed by atoms with E-state index in [1.807, 2.05) is 36.4 Å². The van der Waals surface area contributed by atoms with Gasteiger partial charge in [-0.1, -0.05) is 43.3 Å². The van der Waals surface area contributed by atoms with Crippen molar-refractivity contribution in [2.45, 2.75) is 19.4 Å². The molecule has 0 fully saturated rings. The highest BCUT2D eigenvalue weighted by molar-refractivity contribution is 7.14. The minimum absolute atomic E-state index is 0.0273. The minimum Gasteiger partial charge on any atom is -0.315 e. The molecule has 0 bridgehead atoms. The average molecular weight is 393 g/mol. The van der Waals surface area contributed by atoms with Crippen LogP contribution >= 0.6 is 11.3 Å². The average Bonchev–Trinajstić information content (AvgIpc) is 3.15. The summed E-state index contributed by atoms with van der Waals surface area (Å²) in [6.45, 7) is 2.11. The number of nitrogens with one attached hydrogen (secondary N) is 2. The van der Waals surface area contributed by atoms with E-state index in [4.69, 9.17) is 5.26 Å². The minimum atomic E-state index is -0.328. The molecule has 0 spiro atoms. The van der Waals surface area contributed by atoms with Crippen LogP contribution in [0.25, 0.3) is 0 Å². The van der Waals surface area contributed by atoms with Crippen LogP contribution in [0, 0.1) is 17.1 Å². The second-order valence-electron chi connectivity index (χ2n) is 6.29. The number of hydrogen-bond donors (Lipinski definition) is 2. The highest BCUT2D eigenvalue weighted by Gasteiger charge is 2.17. The molecule has 28 heavy (non-hydrogen) atoms. The largest absolute Gasteiger partial charge is 0.315 e. The first kappa shape index (κ1) is 19.7. The van der Waals surface area contributed by atoms with Crippen LogP contribution in [0.5, 0.6) is 0 Å². The summed E-state index contributed by atoms with van der Waals surface area (Å²) in [5.74, 6) is -0.582. The molecule has 4 nitrogen and oxygen atoms in total. The highest BCUT2D eigenvalue weighted by atomic mass is 32.1. The molecule has 1 atom stereocenters. The van der Waals surface area contributed by atoms with Gasteiger partial charge in [0.05, 0.1) is 18.2 Å². The van der Waals surface area contributed by atoms with Crippen LogP contribution in [-0.4, -0.2) is 12.5 Å². The summed E-state index contributed by atoms with van der Waals surface area (Å²) in [6.07, 6.45) is 0.933. The third kappa shape index (κ3) is 4.83. The van der Waals surface area contributed by atoms with Gasteiger partial charge in [-0.25, -0.2) is 4.39 Å². The fourth-order valence-electron chi connectivity index (χ4n) is 2.92. The molecule has 142 valence electrons. The van der Waals surface area contributed by atoms with Crippen molar-refractivity contribution in [3.8, 4) is 6.07 Å². The molecule has 0 radical (unpaired) electrons. The number of hydrogen-bond acceptors (Lipinski definition) is 4. The lowest BCUT2D eigenvalue weighted by Crippen LogP contribution is -2.32. The van der Waals surface area contributed by atoms with Crippen LogP contribution in [0.15, 0.2) is 60.0 Å². The Morgan fingerprint density at radius 1 is 1.18 bits per heavy atom. The number of nitrogens with zero attached hydrogens (tertiary/aromatic N) is 1. The van der Waals surface area contributed by atoms with Crippen molar-refractivity contribution in [2.24, 2.45) is 0 Å². The highest BCUT2D eigenvalue weighted by Crippen LogP contribution is 2.24. The van der Waals surface area contributed by atoms with Crippen LogP contribution in [0.1, 0.15) is 35.2 Å². The van der Waals surface area contributed by atoms with Crippen molar-refractivity contribution in [1.82, 2.24) is 5.32 Å². The number of thiophene rings is 1. The molecule has 1 amide bonds. The van der Waals surface area contributed by atoms with Crippen molar-refractivity contribution in [2.75, 3.05) is 11.9 Å². The van der Waals surface area contributed by atoms with Gasteiger partial charge in [-0.15, -0.1) is 11.3 Å². The lowest BCUT2D eigenvalue weighted by Gasteiger charge is -2.20.